The highest BCUT2D eigenvalue weighted by Gasteiger charge is 2.18. The molecule has 0 aliphatic heterocycles. The molecule has 0 atom stereocenters. The highest BCUT2D eigenvalue weighted by molar-refractivity contribution is 5.94. The number of rotatable bonds is 9. The second-order valence-electron chi connectivity index (χ2n) is 6.68. The number of esters is 1. The van der Waals surface area contributed by atoms with Crippen molar-refractivity contribution in [1.82, 2.24) is 20.2 Å². The number of nitrogens with zero attached hydrogens (tertiary/aromatic N) is 5. The molecule has 0 aliphatic carbocycles. The Bertz CT molecular complexity index is 970. The van der Waals surface area contributed by atoms with Gasteiger partial charge in [0.2, 0.25) is 5.82 Å². The van der Waals surface area contributed by atoms with Gasteiger partial charge in [-0.05, 0) is 42.8 Å². The Kier molecular flexibility index (Phi) is 7.26. The molecule has 0 spiro atoms. The number of benzene rings is 2. The van der Waals surface area contributed by atoms with E-state index < -0.39 is 0 Å². The molecule has 0 fully saturated rings. The van der Waals surface area contributed by atoms with E-state index in [9.17, 15) is 9.59 Å². The summed E-state index contributed by atoms with van der Waals surface area (Å²) in [5, 5.41) is 12.4. The number of aromatic nitrogens is 4. The quantitative estimate of drug-likeness (QED) is 0.505. The lowest BCUT2D eigenvalue weighted by Crippen LogP contribution is -2.35. The van der Waals surface area contributed by atoms with Gasteiger partial charge in [0.15, 0.2) is 0 Å². The number of carbonyl (C=O) groups is 2. The third kappa shape index (κ3) is 5.28. The van der Waals surface area contributed by atoms with Gasteiger partial charge in [-0.25, -0.2) is 4.79 Å². The average Bonchev–Trinajstić information content (AvgIpc) is 3.24. The normalized spacial score (nSPS) is 10.6. The van der Waals surface area contributed by atoms with Crippen molar-refractivity contribution in [3.05, 3.63) is 60.2 Å². The van der Waals surface area contributed by atoms with Crippen LogP contribution in [0.3, 0.4) is 0 Å². The maximum Gasteiger partial charge on any atom is 0.338 e. The van der Waals surface area contributed by atoms with Gasteiger partial charge in [-0.1, -0.05) is 43.7 Å². The van der Waals surface area contributed by atoms with E-state index in [-0.39, 0.29) is 18.4 Å². The molecule has 2 aromatic carbocycles. The summed E-state index contributed by atoms with van der Waals surface area (Å²) in [6.45, 7) is 4.69. The smallest absolute Gasteiger partial charge is 0.338 e. The van der Waals surface area contributed by atoms with E-state index in [2.05, 4.69) is 22.3 Å². The van der Waals surface area contributed by atoms with Crippen LogP contribution in [0.5, 0.6) is 0 Å². The van der Waals surface area contributed by atoms with Crippen LogP contribution in [-0.4, -0.2) is 45.2 Å². The first-order valence-electron chi connectivity index (χ1n) is 10.0. The number of tetrazole rings is 1. The topological polar surface area (TPSA) is 90.2 Å². The van der Waals surface area contributed by atoms with Crippen molar-refractivity contribution < 1.29 is 14.3 Å². The van der Waals surface area contributed by atoms with Crippen molar-refractivity contribution in [3.63, 3.8) is 0 Å². The van der Waals surface area contributed by atoms with Crippen LogP contribution in [0.15, 0.2) is 54.6 Å². The highest BCUT2D eigenvalue weighted by atomic mass is 16.5. The van der Waals surface area contributed by atoms with Gasteiger partial charge in [0.25, 0.3) is 5.91 Å². The van der Waals surface area contributed by atoms with Crippen molar-refractivity contribution in [3.8, 4) is 11.4 Å². The molecule has 3 aromatic rings. The molecule has 1 amide bonds. The van der Waals surface area contributed by atoms with E-state index in [0.717, 1.165) is 18.4 Å². The van der Waals surface area contributed by atoms with Crippen LogP contribution < -0.4 is 4.90 Å². The number of ether oxygens (including phenoxy) is 1. The zero-order valence-corrected chi connectivity index (χ0v) is 17.2. The molecule has 30 heavy (non-hydrogen) atoms. The summed E-state index contributed by atoms with van der Waals surface area (Å²) in [5.41, 5.74) is 2.01. The van der Waals surface area contributed by atoms with E-state index in [4.69, 9.17) is 4.74 Å². The van der Waals surface area contributed by atoms with E-state index in [1.165, 1.54) is 4.80 Å². The highest BCUT2D eigenvalue weighted by Crippen LogP contribution is 2.18. The zero-order chi connectivity index (χ0) is 21.3. The van der Waals surface area contributed by atoms with E-state index >= 15 is 0 Å². The summed E-state index contributed by atoms with van der Waals surface area (Å²) >= 11 is 0. The fourth-order valence-corrected chi connectivity index (χ4v) is 2.93. The Morgan fingerprint density at radius 2 is 1.77 bits per heavy atom. The van der Waals surface area contributed by atoms with Crippen molar-refractivity contribution in [1.29, 1.82) is 0 Å². The SMILES string of the molecule is CCCCN(C(=O)Cn1nnc(-c2ccccc2)n1)c1ccc(C(=O)OCC)cc1. The summed E-state index contributed by atoms with van der Waals surface area (Å²) in [4.78, 5) is 27.8. The summed E-state index contributed by atoms with van der Waals surface area (Å²) in [7, 11) is 0. The molecule has 0 N–H and O–H groups in total. The molecule has 0 saturated carbocycles. The number of carbonyl (C=O) groups excluding carboxylic acids is 2. The minimum absolute atomic E-state index is 0.0246. The monoisotopic (exact) mass is 407 g/mol. The Morgan fingerprint density at radius 3 is 2.43 bits per heavy atom. The molecule has 156 valence electrons. The molecule has 3 rings (SSSR count). The number of unbranched alkanes of at least 4 members (excludes halogenated alkanes) is 1. The fourth-order valence-electron chi connectivity index (χ4n) is 2.93. The molecule has 0 unspecified atom stereocenters. The van der Waals surface area contributed by atoms with E-state index in [1.54, 1.807) is 36.1 Å². The summed E-state index contributed by atoms with van der Waals surface area (Å²) in [5.74, 6) is -0.0533. The summed E-state index contributed by atoms with van der Waals surface area (Å²) in [6, 6.07) is 16.3. The summed E-state index contributed by atoms with van der Waals surface area (Å²) < 4.78 is 5.01. The predicted molar refractivity (Wildman–Crippen MR) is 113 cm³/mol. The van der Waals surface area contributed by atoms with Gasteiger partial charge < -0.3 is 9.64 Å². The second kappa shape index (κ2) is 10.3. The van der Waals surface area contributed by atoms with Gasteiger partial charge in [-0.3, -0.25) is 4.79 Å². The first kappa shape index (κ1) is 21.2. The molecule has 0 aliphatic rings. The van der Waals surface area contributed by atoms with E-state index in [0.29, 0.717) is 30.2 Å². The number of hydrogen-bond donors (Lipinski definition) is 0. The van der Waals surface area contributed by atoms with Gasteiger partial charge >= 0.3 is 5.97 Å². The van der Waals surface area contributed by atoms with Crippen LogP contribution in [-0.2, 0) is 16.1 Å². The van der Waals surface area contributed by atoms with Crippen molar-refractivity contribution in [2.24, 2.45) is 0 Å². The number of amides is 1. The van der Waals surface area contributed by atoms with Gasteiger partial charge in [-0.15, -0.1) is 10.2 Å². The van der Waals surface area contributed by atoms with Crippen LogP contribution in [0.4, 0.5) is 5.69 Å². The second-order valence-corrected chi connectivity index (χ2v) is 6.68. The number of hydrogen-bond acceptors (Lipinski definition) is 6. The van der Waals surface area contributed by atoms with Crippen LogP contribution in [0.1, 0.15) is 37.0 Å². The number of anilines is 1. The molecule has 8 heteroatoms. The Morgan fingerprint density at radius 1 is 1.03 bits per heavy atom. The lowest BCUT2D eigenvalue weighted by Gasteiger charge is -2.22. The standard InChI is InChI=1S/C22H25N5O3/c1-3-5-15-26(19-13-11-18(12-14-19)22(29)30-4-2)20(28)16-27-24-21(23-25-27)17-9-7-6-8-10-17/h6-14H,3-5,15-16H2,1-2H3. The predicted octanol–water partition coefficient (Wildman–Crippen LogP) is 3.35. The van der Waals surface area contributed by atoms with Gasteiger partial charge in [-0.2, -0.15) is 4.80 Å². The largest absolute Gasteiger partial charge is 0.462 e. The molecule has 1 aromatic heterocycles. The minimum Gasteiger partial charge on any atom is -0.462 e. The van der Waals surface area contributed by atoms with Crippen LogP contribution in [0.2, 0.25) is 0 Å². The molecule has 1 heterocycles. The van der Waals surface area contributed by atoms with Gasteiger partial charge in [0.05, 0.1) is 12.2 Å². The molecular weight excluding hydrogens is 382 g/mol. The Hall–Kier alpha value is -3.55. The fraction of sp³-hybridized carbons (Fsp3) is 0.318. The molecular formula is C22H25N5O3. The zero-order valence-electron chi connectivity index (χ0n) is 17.2. The summed E-state index contributed by atoms with van der Waals surface area (Å²) in [6.07, 6.45) is 1.80. The van der Waals surface area contributed by atoms with Crippen LogP contribution in [0.25, 0.3) is 11.4 Å². The first-order valence-corrected chi connectivity index (χ1v) is 10.0. The lowest BCUT2D eigenvalue weighted by atomic mass is 10.2. The van der Waals surface area contributed by atoms with Crippen LogP contribution >= 0.6 is 0 Å². The average molecular weight is 407 g/mol. The van der Waals surface area contributed by atoms with Crippen molar-refractivity contribution in [2.75, 3.05) is 18.1 Å². The van der Waals surface area contributed by atoms with Crippen LogP contribution in [0, 0.1) is 0 Å². The maximum atomic E-state index is 13.0. The lowest BCUT2D eigenvalue weighted by molar-refractivity contribution is -0.119. The Balaban J connectivity index is 1.74. The van der Waals surface area contributed by atoms with Crippen molar-refractivity contribution >= 4 is 17.6 Å². The maximum absolute atomic E-state index is 13.0. The third-order valence-electron chi connectivity index (χ3n) is 4.49. The van der Waals surface area contributed by atoms with Crippen molar-refractivity contribution in [2.45, 2.75) is 33.2 Å². The Labute approximate surface area is 175 Å². The molecule has 0 bridgehead atoms. The third-order valence-corrected chi connectivity index (χ3v) is 4.49. The molecule has 0 radical (unpaired) electrons. The van der Waals surface area contributed by atoms with E-state index in [1.807, 2.05) is 30.3 Å². The van der Waals surface area contributed by atoms with Gasteiger partial charge in [0.1, 0.15) is 6.54 Å². The van der Waals surface area contributed by atoms with Gasteiger partial charge in [0, 0.05) is 17.8 Å². The minimum atomic E-state index is -0.379. The molecule has 8 nitrogen and oxygen atoms in total. The molecule has 0 saturated heterocycles. The first-order chi connectivity index (χ1) is 14.6.